The van der Waals surface area contributed by atoms with Gasteiger partial charge in [0.2, 0.25) is 11.6 Å². The fourth-order valence-electron chi connectivity index (χ4n) is 1.35. The third-order valence-electron chi connectivity index (χ3n) is 2.17. The van der Waals surface area contributed by atoms with Gasteiger partial charge in [-0.3, -0.25) is 10.1 Å². The summed E-state index contributed by atoms with van der Waals surface area (Å²) in [4.78, 5) is 14.3. The molecule has 1 aromatic heterocycles. The van der Waals surface area contributed by atoms with Gasteiger partial charge in [-0.15, -0.1) is 0 Å². The summed E-state index contributed by atoms with van der Waals surface area (Å²) in [5.41, 5.74) is 5.75. The Kier molecular flexibility index (Phi) is 3.87. The molecule has 0 aliphatic carbocycles. The molecule has 0 spiro atoms. The van der Waals surface area contributed by atoms with Crippen molar-refractivity contribution in [3.8, 4) is 11.6 Å². The summed E-state index contributed by atoms with van der Waals surface area (Å²) in [6, 6.07) is 5.58. The largest absolute Gasteiger partial charge is 0.430 e. The van der Waals surface area contributed by atoms with Crippen LogP contribution in [-0.4, -0.2) is 9.91 Å². The first kappa shape index (κ1) is 13.6. The quantitative estimate of drug-likeness (QED) is 0.676. The topological polar surface area (TPSA) is 91.3 Å². The average Bonchev–Trinajstić information content (AvgIpc) is 2.32. The van der Waals surface area contributed by atoms with E-state index in [2.05, 4.69) is 20.9 Å². The van der Waals surface area contributed by atoms with Crippen LogP contribution < -0.4 is 10.5 Å². The Morgan fingerprint density at radius 1 is 1.42 bits per heavy atom. The zero-order chi connectivity index (χ0) is 14.0. The van der Waals surface area contributed by atoms with Crippen LogP contribution in [0.2, 0.25) is 5.02 Å². The number of benzene rings is 1. The van der Waals surface area contributed by atoms with Crippen molar-refractivity contribution < 1.29 is 9.66 Å². The van der Waals surface area contributed by atoms with Gasteiger partial charge in [0.05, 0.1) is 10.6 Å². The Morgan fingerprint density at radius 2 is 2.16 bits per heavy atom. The zero-order valence-corrected chi connectivity index (χ0v) is 11.7. The van der Waals surface area contributed by atoms with Gasteiger partial charge in [-0.05, 0) is 28.1 Å². The number of nitro benzene ring substituents is 1. The standard InChI is InChI=1S/C11H7BrClN3O3/c12-6-3-8(14)11(15-5-6)19-10-4-7(13)1-2-9(10)16(17)18/h1-5H,14H2. The Bertz CT molecular complexity index is 651. The maximum Gasteiger partial charge on any atom is 0.311 e. The molecule has 0 unspecified atom stereocenters. The van der Waals surface area contributed by atoms with Crippen molar-refractivity contribution in [3.63, 3.8) is 0 Å². The number of rotatable bonds is 3. The van der Waals surface area contributed by atoms with Crippen molar-refractivity contribution in [2.75, 3.05) is 5.73 Å². The second-order valence-corrected chi connectivity index (χ2v) is 4.87. The summed E-state index contributed by atoms with van der Waals surface area (Å²) in [6.45, 7) is 0. The number of nitrogens with two attached hydrogens (primary N) is 1. The molecule has 2 aromatic rings. The summed E-state index contributed by atoms with van der Waals surface area (Å²) in [5, 5.41) is 11.2. The molecule has 0 fully saturated rings. The summed E-state index contributed by atoms with van der Waals surface area (Å²) >= 11 is 8.99. The molecule has 0 amide bonds. The van der Waals surface area contributed by atoms with Gasteiger partial charge in [0.1, 0.15) is 0 Å². The smallest absolute Gasteiger partial charge is 0.311 e. The van der Waals surface area contributed by atoms with Crippen LogP contribution in [-0.2, 0) is 0 Å². The molecule has 0 aliphatic rings. The van der Waals surface area contributed by atoms with E-state index < -0.39 is 4.92 Å². The number of anilines is 1. The molecule has 2 N–H and O–H groups in total. The first-order chi connectivity index (χ1) is 8.97. The fraction of sp³-hybridized carbons (Fsp3) is 0. The van der Waals surface area contributed by atoms with Crippen LogP contribution in [0.25, 0.3) is 0 Å². The first-order valence-electron chi connectivity index (χ1n) is 5.00. The van der Waals surface area contributed by atoms with Crippen LogP contribution in [0.1, 0.15) is 0 Å². The first-order valence-corrected chi connectivity index (χ1v) is 6.17. The number of nitro groups is 1. The van der Waals surface area contributed by atoms with E-state index >= 15 is 0 Å². The van der Waals surface area contributed by atoms with Gasteiger partial charge in [-0.2, -0.15) is 0 Å². The van der Waals surface area contributed by atoms with Crippen molar-refractivity contribution in [2.24, 2.45) is 0 Å². The van der Waals surface area contributed by atoms with Gasteiger partial charge >= 0.3 is 5.69 Å². The molecule has 0 aliphatic heterocycles. The third-order valence-corrected chi connectivity index (χ3v) is 2.84. The van der Waals surface area contributed by atoms with Crippen molar-refractivity contribution in [2.45, 2.75) is 0 Å². The highest BCUT2D eigenvalue weighted by Gasteiger charge is 2.17. The van der Waals surface area contributed by atoms with E-state index in [4.69, 9.17) is 22.1 Å². The summed E-state index contributed by atoms with van der Waals surface area (Å²) in [7, 11) is 0. The van der Waals surface area contributed by atoms with E-state index in [0.29, 0.717) is 9.50 Å². The zero-order valence-electron chi connectivity index (χ0n) is 9.34. The molecule has 8 heteroatoms. The Balaban J connectivity index is 2.42. The molecule has 1 heterocycles. The highest BCUT2D eigenvalue weighted by atomic mass is 79.9. The minimum atomic E-state index is -0.569. The summed E-state index contributed by atoms with van der Waals surface area (Å²) in [5.74, 6) is 0.0626. The SMILES string of the molecule is Nc1cc(Br)cnc1Oc1cc(Cl)ccc1[N+](=O)[O-]. The van der Waals surface area contributed by atoms with Gasteiger partial charge in [0.15, 0.2) is 0 Å². The molecule has 0 saturated carbocycles. The second-order valence-electron chi connectivity index (χ2n) is 3.52. The van der Waals surface area contributed by atoms with E-state index in [-0.39, 0.29) is 23.0 Å². The predicted molar refractivity (Wildman–Crippen MR) is 74.5 cm³/mol. The van der Waals surface area contributed by atoms with Crippen molar-refractivity contribution in [3.05, 3.63) is 50.1 Å². The predicted octanol–water partition coefficient (Wildman–Crippen LogP) is 3.78. The Hall–Kier alpha value is -1.86. The maximum atomic E-state index is 10.9. The minimum absolute atomic E-state index is 0.0148. The number of halogens is 2. The normalized spacial score (nSPS) is 10.2. The summed E-state index contributed by atoms with van der Waals surface area (Å²) in [6.07, 6.45) is 1.47. The molecule has 0 bridgehead atoms. The van der Waals surface area contributed by atoms with Crippen LogP contribution in [0.4, 0.5) is 11.4 Å². The van der Waals surface area contributed by atoms with E-state index in [1.165, 1.54) is 24.4 Å². The van der Waals surface area contributed by atoms with E-state index in [9.17, 15) is 10.1 Å². The van der Waals surface area contributed by atoms with Gasteiger partial charge in [-0.1, -0.05) is 11.6 Å². The van der Waals surface area contributed by atoms with Crippen LogP contribution in [0.5, 0.6) is 11.6 Å². The molecule has 19 heavy (non-hydrogen) atoms. The van der Waals surface area contributed by atoms with Crippen molar-refractivity contribution in [1.82, 2.24) is 4.98 Å². The van der Waals surface area contributed by atoms with E-state index in [0.717, 1.165) is 0 Å². The van der Waals surface area contributed by atoms with Crippen LogP contribution in [0.3, 0.4) is 0 Å². The van der Waals surface area contributed by atoms with Crippen molar-refractivity contribution >= 4 is 38.9 Å². The lowest BCUT2D eigenvalue weighted by molar-refractivity contribution is -0.385. The van der Waals surface area contributed by atoms with E-state index in [1.54, 1.807) is 6.07 Å². The second kappa shape index (κ2) is 5.41. The molecule has 98 valence electrons. The number of hydrogen-bond acceptors (Lipinski definition) is 5. The fourth-order valence-corrected chi connectivity index (χ4v) is 1.86. The van der Waals surface area contributed by atoms with Crippen molar-refractivity contribution in [1.29, 1.82) is 0 Å². The lowest BCUT2D eigenvalue weighted by Crippen LogP contribution is -1.98. The molecule has 1 aromatic carbocycles. The maximum absolute atomic E-state index is 10.9. The molecule has 0 atom stereocenters. The van der Waals surface area contributed by atoms with Gasteiger partial charge in [0, 0.05) is 27.8 Å². The highest BCUT2D eigenvalue weighted by molar-refractivity contribution is 9.10. The lowest BCUT2D eigenvalue weighted by atomic mass is 10.3. The molecular weight excluding hydrogens is 337 g/mol. The summed E-state index contributed by atoms with van der Waals surface area (Å²) < 4.78 is 6.03. The molecule has 6 nitrogen and oxygen atoms in total. The van der Waals surface area contributed by atoms with E-state index in [1.807, 2.05) is 0 Å². The number of nitrogen functional groups attached to an aromatic ring is 1. The minimum Gasteiger partial charge on any atom is -0.430 e. The van der Waals surface area contributed by atoms with Crippen LogP contribution in [0, 0.1) is 10.1 Å². The number of hydrogen-bond donors (Lipinski definition) is 1. The monoisotopic (exact) mass is 343 g/mol. The van der Waals surface area contributed by atoms with Gasteiger partial charge in [0.25, 0.3) is 0 Å². The van der Waals surface area contributed by atoms with Crippen LogP contribution in [0.15, 0.2) is 34.9 Å². The number of aromatic nitrogens is 1. The van der Waals surface area contributed by atoms with Crippen LogP contribution >= 0.6 is 27.5 Å². The molecule has 0 radical (unpaired) electrons. The third kappa shape index (κ3) is 3.12. The highest BCUT2D eigenvalue weighted by Crippen LogP contribution is 2.35. The molecule has 2 rings (SSSR count). The molecule has 0 saturated heterocycles. The van der Waals surface area contributed by atoms with Gasteiger partial charge in [-0.25, -0.2) is 4.98 Å². The van der Waals surface area contributed by atoms with Gasteiger partial charge < -0.3 is 10.5 Å². The number of nitrogens with zero attached hydrogens (tertiary/aromatic N) is 2. The lowest BCUT2D eigenvalue weighted by Gasteiger charge is -2.08. The Labute approximate surface area is 121 Å². The number of pyridine rings is 1. The molecular formula is C11H7BrClN3O3. The number of ether oxygens (including phenoxy) is 1. The Morgan fingerprint density at radius 3 is 2.79 bits per heavy atom. The average molecular weight is 345 g/mol.